The van der Waals surface area contributed by atoms with E-state index in [1.165, 1.54) is 24.2 Å². The van der Waals surface area contributed by atoms with Crippen molar-refractivity contribution in [3.63, 3.8) is 0 Å². The average Bonchev–Trinajstić information content (AvgIpc) is 2.72. The van der Waals surface area contributed by atoms with Crippen LogP contribution in [-0.2, 0) is 9.53 Å². The number of nitrogens with one attached hydrogen (secondary N) is 1. The first-order valence-corrected chi connectivity index (χ1v) is 10.2. The molecule has 1 unspecified atom stereocenters. The van der Waals surface area contributed by atoms with Gasteiger partial charge in [-0.1, -0.05) is 45.2 Å². The van der Waals surface area contributed by atoms with Crippen LogP contribution in [0.1, 0.15) is 64.5 Å². The van der Waals surface area contributed by atoms with Crippen LogP contribution in [-0.4, -0.2) is 35.7 Å². The maximum absolute atomic E-state index is 12.9. The van der Waals surface area contributed by atoms with Crippen LogP contribution >= 0.6 is 0 Å². The molecule has 1 aromatic carbocycles. The number of nitrogens with zero attached hydrogens (tertiary/aromatic N) is 1. The van der Waals surface area contributed by atoms with Gasteiger partial charge in [-0.2, -0.15) is 0 Å². The third-order valence-corrected chi connectivity index (χ3v) is 5.35. The van der Waals surface area contributed by atoms with Crippen molar-refractivity contribution in [2.75, 3.05) is 13.7 Å². The van der Waals surface area contributed by atoms with Crippen molar-refractivity contribution in [2.24, 2.45) is 5.92 Å². The Kier molecular flexibility index (Phi) is 7.91. The molecule has 2 aliphatic rings. The standard InChI is InChI=1S/C20H26N2O4.C2H6/c1-13-17(19(24)26-12-14-7-4-3-5-8-14)18(21-20(25)22(13)2)15-9-6-10-16(23)11-15;1-2/h6,9-11,14,18,23H,3-5,7-8,12H2,1-2H3,(H,21,25);1-2H3. The molecule has 1 aliphatic carbocycles. The molecule has 6 heteroatoms. The van der Waals surface area contributed by atoms with E-state index < -0.39 is 12.0 Å². The molecule has 1 atom stereocenters. The zero-order chi connectivity index (χ0) is 20.7. The molecule has 2 amide bonds. The number of benzene rings is 1. The first kappa shape index (κ1) is 21.8. The summed E-state index contributed by atoms with van der Waals surface area (Å²) in [6.07, 6.45) is 5.82. The zero-order valence-electron chi connectivity index (χ0n) is 17.3. The Morgan fingerprint density at radius 2 is 1.93 bits per heavy atom. The molecule has 0 bridgehead atoms. The summed E-state index contributed by atoms with van der Waals surface area (Å²) >= 11 is 0. The number of aromatic hydroxyl groups is 1. The van der Waals surface area contributed by atoms with E-state index in [1.807, 2.05) is 13.8 Å². The molecule has 3 rings (SSSR count). The Morgan fingerprint density at radius 3 is 2.57 bits per heavy atom. The predicted octanol–water partition coefficient (Wildman–Crippen LogP) is 4.51. The van der Waals surface area contributed by atoms with Crippen molar-refractivity contribution < 1.29 is 19.4 Å². The number of ether oxygens (including phenoxy) is 1. The van der Waals surface area contributed by atoms with Gasteiger partial charge in [0.2, 0.25) is 0 Å². The molecule has 1 saturated carbocycles. The highest BCUT2D eigenvalue weighted by Gasteiger charge is 2.35. The molecule has 154 valence electrons. The monoisotopic (exact) mass is 388 g/mol. The average molecular weight is 389 g/mol. The Hall–Kier alpha value is -2.50. The van der Waals surface area contributed by atoms with Crippen molar-refractivity contribution in [1.29, 1.82) is 0 Å². The van der Waals surface area contributed by atoms with Crippen molar-refractivity contribution in [2.45, 2.75) is 58.9 Å². The van der Waals surface area contributed by atoms with Gasteiger partial charge in [-0.05, 0) is 43.4 Å². The van der Waals surface area contributed by atoms with Crippen molar-refractivity contribution in [1.82, 2.24) is 10.2 Å². The van der Waals surface area contributed by atoms with Gasteiger partial charge in [0, 0.05) is 12.7 Å². The maximum atomic E-state index is 12.9. The van der Waals surface area contributed by atoms with Crippen LogP contribution in [0.25, 0.3) is 0 Å². The van der Waals surface area contributed by atoms with Gasteiger partial charge >= 0.3 is 12.0 Å². The Bertz CT molecular complexity index is 723. The van der Waals surface area contributed by atoms with Gasteiger partial charge < -0.3 is 20.1 Å². The summed E-state index contributed by atoms with van der Waals surface area (Å²) in [6.45, 7) is 6.16. The summed E-state index contributed by atoms with van der Waals surface area (Å²) in [5.41, 5.74) is 1.62. The normalized spacial score (nSPS) is 20.2. The van der Waals surface area contributed by atoms with Gasteiger partial charge in [-0.15, -0.1) is 0 Å². The zero-order valence-corrected chi connectivity index (χ0v) is 17.3. The van der Waals surface area contributed by atoms with E-state index in [-0.39, 0.29) is 11.8 Å². The summed E-state index contributed by atoms with van der Waals surface area (Å²) < 4.78 is 5.62. The number of urea groups is 1. The van der Waals surface area contributed by atoms with E-state index in [0.717, 1.165) is 12.8 Å². The number of carbonyl (C=O) groups excluding carboxylic acids is 2. The summed E-state index contributed by atoms with van der Waals surface area (Å²) in [7, 11) is 1.62. The van der Waals surface area contributed by atoms with Gasteiger partial charge in [-0.25, -0.2) is 9.59 Å². The maximum Gasteiger partial charge on any atom is 0.338 e. The highest BCUT2D eigenvalue weighted by Crippen LogP contribution is 2.32. The number of carbonyl (C=O) groups is 2. The Labute approximate surface area is 167 Å². The summed E-state index contributed by atoms with van der Waals surface area (Å²) in [6, 6.07) is 5.65. The summed E-state index contributed by atoms with van der Waals surface area (Å²) in [4.78, 5) is 26.5. The molecule has 1 aliphatic heterocycles. The third kappa shape index (κ3) is 5.06. The Balaban J connectivity index is 0.00000136. The van der Waals surface area contributed by atoms with E-state index in [4.69, 9.17) is 4.74 Å². The van der Waals surface area contributed by atoms with Gasteiger partial charge in [0.15, 0.2) is 0 Å². The number of amides is 2. The first-order valence-electron chi connectivity index (χ1n) is 10.2. The van der Waals surface area contributed by atoms with Crippen LogP contribution in [0.15, 0.2) is 35.5 Å². The second-order valence-electron chi connectivity index (χ2n) is 7.14. The van der Waals surface area contributed by atoms with E-state index in [9.17, 15) is 14.7 Å². The van der Waals surface area contributed by atoms with Gasteiger partial charge in [0.25, 0.3) is 0 Å². The smallest absolute Gasteiger partial charge is 0.338 e. The lowest BCUT2D eigenvalue weighted by Gasteiger charge is -2.33. The minimum atomic E-state index is -0.635. The molecule has 1 aromatic rings. The lowest BCUT2D eigenvalue weighted by molar-refractivity contribution is -0.141. The highest BCUT2D eigenvalue weighted by molar-refractivity contribution is 5.95. The van der Waals surface area contributed by atoms with Gasteiger partial charge in [-0.3, -0.25) is 0 Å². The molecular weight excluding hydrogens is 356 g/mol. The molecule has 1 heterocycles. The SMILES string of the molecule is CC.CC1=C(C(=O)OCC2CCCCC2)C(c2cccc(O)c2)NC(=O)N1C. The van der Waals surface area contributed by atoms with E-state index in [1.54, 1.807) is 38.2 Å². The molecule has 6 nitrogen and oxygen atoms in total. The summed E-state index contributed by atoms with van der Waals surface area (Å²) in [5.74, 6) is 0.0975. The fourth-order valence-electron chi connectivity index (χ4n) is 3.68. The lowest BCUT2D eigenvalue weighted by Crippen LogP contribution is -2.46. The van der Waals surface area contributed by atoms with Crippen LogP contribution in [0, 0.1) is 5.92 Å². The fourth-order valence-corrected chi connectivity index (χ4v) is 3.68. The number of phenolic OH excluding ortho intramolecular Hbond substituents is 1. The van der Waals surface area contributed by atoms with Crippen LogP contribution in [0.2, 0.25) is 0 Å². The molecular formula is C22H32N2O4. The number of hydrogen-bond donors (Lipinski definition) is 2. The largest absolute Gasteiger partial charge is 0.508 e. The molecule has 0 spiro atoms. The second-order valence-corrected chi connectivity index (χ2v) is 7.14. The second kappa shape index (κ2) is 10.2. The number of phenols is 1. The number of hydrogen-bond acceptors (Lipinski definition) is 4. The minimum absolute atomic E-state index is 0.0863. The van der Waals surface area contributed by atoms with Gasteiger partial charge in [0.1, 0.15) is 5.75 Å². The topological polar surface area (TPSA) is 78.9 Å². The molecule has 1 fully saturated rings. The van der Waals surface area contributed by atoms with Crippen LogP contribution < -0.4 is 5.32 Å². The van der Waals surface area contributed by atoms with E-state index in [2.05, 4.69) is 5.32 Å². The summed E-state index contributed by atoms with van der Waals surface area (Å²) in [5, 5.41) is 12.6. The van der Waals surface area contributed by atoms with Crippen molar-refractivity contribution in [3.8, 4) is 5.75 Å². The van der Waals surface area contributed by atoms with E-state index >= 15 is 0 Å². The van der Waals surface area contributed by atoms with Crippen molar-refractivity contribution in [3.05, 3.63) is 41.1 Å². The number of allylic oxidation sites excluding steroid dienone is 1. The van der Waals surface area contributed by atoms with Gasteiger partial charge in [0.05, 0.1) is 18.2 Å². The van der Waals surface area contributed by atoms with Crippen LogP contribution in [0.3, 0.4) is 0 Å². The van der Waals surface area contributed by atoms with Crippen molar-refractivity contribution >= 4 is 12.0 Å². The minimum Gasteiger partial charge on any atom is -0.508 e. The Morgan fingerprint density at radius 1 is 1.25 bits per heavy atom. The third-order valence-electron chi connectivity index (χ3n) is 5.35. The number of esters is 1. The number of rotatable bonds is 4. The molecule has 0 aromatic heterocycles. The first-order chi connectivity index (χ1) is 13.5. The molecule has 0 saturated heterocycles. The van der Waals surface area contributed by atoms with Crippen LogP contribution in [0.4, 0.5) is 4.79 Å². The predicted molar refractivity (Wildman–Crippen MR) is 109 cm³/mol. The quantitative estimate of drug-likeness (QED) is 0.744. The van der Waals surface area contributed by atoms with E-state index in [0.29, 0.717) is 29.4 Å². The highest BCUT2D eigenvalue weighted by atomic mass is 16.5. The molecule has 28 heavy (non-hydrogen) atoms. The fraction of sp³-hybridized carbons (Fsp3) is 0.545. The molecule has 2 N–H and O–H groups in total. The van der Waals surface area contributed by atoms with Crippen LogP contribution in [0.5, 0.6) is 5.75 Å². The molecule has 0 radical (unpaired) electrons. The lowest BCUT2D eigenvalue weighted by atomic mass is 9.90.